The summed E-state index contributed by atoms with van der Waals surface area (Å²) in [7, 11) is 0. The quantitative estimate of drug-likeness (QED) is 0.821. The zero-order valence-electron chi connectivity index (χ0n) is 12.6. The van der Waals surface area contributed by atoms with Gasteiger partial charge >= 0.3 is 0 Å². The highest BCUT2D eigenvalue weighted by Gasteiger charge is 2.32. The maximum Gasteiger partial charge on any atom is 0.123 e. The van der Waals surface area contributed by atoms with Crippen molar-refractivity contribution in [3.63, 3.8) is 0 Å². The summed E-state index contributed by atoms with van der Waals surface area (Å²) in [5, 5.41) is 0. The van der Waals surface area contributed by atoms with E-state index in [1.165, 1.54) is 6.07 Å². The lowest BCUT2D eigenvalue weighted by molar-refractivity contribution is 0.0723. The van der Waals surface area contributed by atoms with Crippen molar-refractivity contribution in [2.45, 2.75) is 52.1 Å². The minimum absolute atomic E-state index is 0.127. The number of rotatable bonds is 7. The highest BCUT2D eigenvalue weighted by Crippen LogP contribution is 2.23. The fourth-order valence-corrected chi connectivity index (χ4v) is 2.82. The third kappa shape index (κ3) is 4.02. The molecule has 2 unspecified atom stereocenters. The summed E-state index contributed by atoms with van der Waals surface area (Å²) >= 11 is 0. The summed E-state index contributed by atoms with van der Waals surface area (Å²) in [4.78, 5) is 2.43. The maximum atomic E-state index is 13.3. The Morgan fingerprint density at radius 2 is 2.05 bits per heavy atom. The molecule has 2 N–H and O–H groups in total. The molecule has 0 aliphatic carbocycles. The van der Waals surface area contributed by atoms with Crippen LogP contribution in [-0.2, 0) is 6.42 Å². The van der Waals surface area contributed by atoms with Crippen molar-refractivity contribution in [3.05, 3.63) is 35.6 Å². The standard InChI is InChI=1S/C16H27FN2/c1-5-13(3)19(6-2)16(4,12-18)11-14-8-7-9-15(17)10-14/h7-10,13H,5-6,11-12,18H2,1-4H3. The molecule has 19 heavy (non-hydrogen) atoms. The molecule has 0 saturated heterocycles. The highest BCUT2D eigenvalue weighted by molar-refractivity contribution is 5.19. The molecule has 0 bridgehead atoms. The molecule has 0 aromatic heterocycles. The summed E-state index contributed by atoms with van der Waals surface area (Å²) < 4.78 is 13.3. The lowest BCUT2D eigenvalue weighted by atomic mass is 9.89. The van der Waals surface area contributed by atoms with E-state index in [9.17, 15) is 4.39 Å². The molecule has 0 aliphatic heterocycles. The Balaban J connectivity index is 2.95. The van der Waals surface area contributed by atoms with E-state index in [2.05, 4.69) is 32.6 Å². The summed E-state index contributed by atoms with van der Waals surface area (Å²) in [6.07, 6.45) is 1.87. The first-order valence-electron chi connectivity index (χ1n) is 7.18. The van der Waals surface area contributed by atoms with Crippen molar-refractivity contribution in [1.82, 2.24) is 4.90 Å². The van der Waals surface area contributed by atoms with Crippen LogP contribution in [0.3, 0.4) is 0 Å². The van der Waals surface area contributed by atoms with Crippen molar-refractivity contribution in [2.75, 3.05) is 13.1 Å². The normalized spacial score (nSPS) is 16.4. The topological polar surface area (TPSA) is 29.3 Å². The molecule has 2 atom stereocenters. The lowest BCUT2D eigenvalue weighted by Gasteiger charge is -2.44. The van der Waals surface area contributed by atoms with E-state index in [-0.39, 0.29) is 11.4 Å². The molecule has 0 fully saturated rings. The van der Waals surface area contributed by atoms with Crippen LogP contribution in [0.25, 0.3) is 0 Å². The van der Waals surface area contributed by atoms with Gasteiger partial charge in [0.25, 0.3) is 0 Å². The second kappa shape index (κ2) is 7.01. The van der Waals surface area contributed by atoms with Gasteiger partial charge in [-0.25, -0.2) is 4.39 Å². The van der Waals surface area contributed by atoms with Gasteiger partial charge in [-0.15, -0.1) is 0 Å². The number of hydrogen-bond donors (Lipinski definition) is 1. The molecule has 0 saturated carbocycles. The van der Waals surface area contributed by atoms with Gasteiger partial charge in [0, 0.05) is 18.1 Å². The van der Waals surface area contributed by atoms with Gasteiger partial charge in [0.1, 0.15) is 5.82 Å². The van der Waals surface area contributed by atoms with E-state index in [0.717, 1.165) is 24.9 Å². The van der Waals surface area contributed by atoms with Crippen LogP contribution in [0.2, 0.25) is 0 Å². The van der Waals surface area contributed by atoms with Crippen molar-refractivity contribution >= 4 is 0 Å². The molecule has 108 valence electrons. The average Bonchev–Trinajstić information content (AvgIpc) is 2.39. The number of hydrogen-bond acceptors (Lipinski definition) is 2. The molecule has 1 rings (SSSR count). The van der Waals surface area contributed by atoms with Gasteiger partial charge < -0.3 is 5.73 Å². The second-order valence-electron chi connectivity index (χ2n) is 5.55. The molecule has 1 aromatic rings. The number of nitrogens with two attached hydrogens (primary N) is 1. The molecule has 3 heteroatoms. The first-order chi connectivity index (χ1) is 8.96. The average molecular weight is 266 g/mol. The molecule has 1 aromatic carbocycles. The Morgan fingerprint density at radius 3 is 2.53 bits per heavy atom. The van der Waals surface area contributed by atoms with Crippen LogP contribution >= 0.6 is 0 Å². The smallest absolute Gasteiger partial charge is 0.123 e. The molecule has 0 amide bonds. The molecule has 0 spiro atoms. The predicted octanol–water partition coefficient (Wildman–Crippen LogP) is 3.21. The molecule has 0 heterocycles. The largest absolute Gasteiger partial charge is 0.329 e. The van der Waals surface area contributed by atoms with Gasteiger partial charge in [-0.1, -0.05) is 26.0 Å². The van der Waals surface area contributed by atoms with Gasteiger partial charge in [0.15, 0.2) is 0 Å². The van der Waals surface area contributed by atoms with Gasteiger partial charge in [-0.05, 0) is 50.9 Å². The number of halogens is 1. The fraction of sp³-hybridized carbons (Fsp3) is 0.625. The van der Waals surface area contributed by atoms with Crippen LogP contribution < -0.4 is 5.73 Å². The van der Waals surface area contributed by atoms with E-state index >= 15 is 0 Å². The number of nitrogens with zero attached hydrogens (tertiary/aromatic N) is 1. The highest BCUT2D eigenvalue weighted by atomic mass is 19.1. The summed E-state index contributed by atoms with van der Waals surface area (Å²) in [6, 6.07) is 7.31. The van der Waals surface area contributed by atoms with Crippen LogP contribution in [0.4, 0.5) is 4.39 Å². The van der Waals surface area contributed by atoms with Gasteiger partial charge in [0.05, 0.1) is 0 Å². The Bertz CT molecular complexity index is 394. The first kappa shape index (κ1) is 16.1. The van der Waals surface area contributed by atoms with Crippen molar-refractivity contribution < 1.29 is 4.39 Å². The Labute approximate surface area is 116 Å². The minimum atomic E-state index is -0.177. The minimum Gasteiger partial charge on any atom is -0.329 e. The molecule has 0 radical (unpaired) electrons. The second-order valence-corrected chi connectivity index (χ2v) is 5.55. The van der Waals surface area contributed by atoms with E-state index in [0.29, 0.717) is 12.6 Å². The van der Waals surface area contributed by atoms with E-state index < -0.39 is 0 Å². The third-order valence-electron chi connectivity index (χ3n) is 4.07. The first-order valence-corrected chi connectivity index (χ1v) is 7.18. The Hall–Kier alpha value is -0.930. The zero-order valence-corrected chi connectivity index (χ0v) is 12.6. The van der Waals surface area contributed by atoms with Crippen LogP contribution in [0.1, 0.15) is 39.7 Å². The van der Waals surface area contributed by atoms with Crippen LogP contribution in [0.5, 0.6) is 0 Å². The predicted molar refractivity (Wildman–Crippen MR) is 79.7 cm³/mol. The van der Waals surface area contributed by atoms with Gasteiger partial charge in [-0.2, -0.15) is 0 Å². The SMILES string of the molecule is CCC(C)N(CC)C(C)(CN)Cc1cccc(F)c1. The molecule has 0 aliphatic rings. The van der Waals surface area contributed by atoms with Crippen molar-refractivity contribution in [2.24, 2.45) is 5.73 Å². The Kier molecular flexibility index (Phi) is 5.95. The van der Waals surface area contributed by atoms with Crippen molar-refractivity contribution in [1.29, 1.82) is 0 Å². The number of benzene rings is 1. The lowest BCUT2D eigenvalue weighted by Crippen LogP contribution is -2.56. The maximum absolute atomic E-state index is 13.3. The Morgan fingerprint density at radius 1 is 1.37 bits per heavy atom. The summed E-state index contributed by atoms with van der Waals surface area (Å²) in [5.41, 5.74) is 6.91. The van der Waals surface area contributed by atoms with E-state index in [1.807, 2.05) is 6.07 Å². The van der Waals surface area contributed by atoms with E-state index in [1.54, 1.807) is 12.1 Å². The van der Waals surface area contributed by atoms with Crippen LogP contribution in [0.15, 0.2) is 24.3 Å². The van der Waals surface area contributed by atoms with Gasteiger partial charge in [-0.3, -0.25) is 4.90 Å². The van der Waals surface area contributed by atoms with Crippen LogP contribution in [-0.4, -0.2) is 29.6 Å². The monoisotopic (exact) mass is 266 g/mol. The fourth-order valence-electron chi connectivity index (χ4n) is 2.82. The van der Waals surface area contributed by atoms with Crippen LogP contribution in [0, 0.1) is 5.82 Å². The zero-order chi connectivity index (χ0) is 14.5. The van der Waals surface area contributed by atoms with Crippen molar-refractivity contribution in [3.8, 4) is 0 Å². The number of likely N-dealkylation sites (N-methyl/N-ethyl adjacent to an activating group) is 1. The molecular formula is C16H27FN2. The molecular weight excluding hydrogens is 239 g/mol. The summed E-state index contributed by atoms with van der Waals surface area (Å²) in [6.45, 7) is 10.3. The van der Waals surface area contributed by atoms with E-state index in [4.69, 9.17) is 5.73 Å². The third-order valence-corrected chi connectivity index (χ3v) is 4.07. The molecule has 2 nitrogen and oxygen atoms in total. The van der Waals surface area contributed by atoms with Gasteiger partial charge in [0.2, 0.25) is 0 Å². The summed E-state index contributed by atoms with van der Waals surface area (Å²) in [5.74, 6) is -0.177.